The van der Waals surface area contributed by atoms with Gasteiger partial charge in [-0.2, -0.15) is 0 Å². The molecule has 0 aliphatic heterocycles. The molecule has 0 bridgehead atoms. The molecule has 34 heavy (non-hydrogen) atoms. The van der Waals surface area contributed by atoms with Gasteiger partial charge in [-0.15, -0.1) is 0 Å². The molecule has 0 unspecified atom stereocenters. The van der Waals surface area contributed by atoms with E-state index in [0.717, 1.165) is 11.8 Å². The lowest BCUT2D eigenvalue weighted by molar-refractivity contribution is 0.101. The average molecular weight is 496 g/mol. The van der Waals surface area contributed by atoms with E-state index in [2.05, 4.69) is 9.97 Å². The number of ketones is 2. The summed E-state index contributed by atoms with van der Waals surface area (Å²) in [5, 5.41) is 1.15. The number of nitrogens with one attached hydrogen (secondary N) is 1. The topological polar surface area (TPSA) is 94.1 Å². The molecule has 2 heterocycles. The Labute approximate surface area is 205 Å². The van der Waals surface area contributed by atoms with Crippen molar-refractivity contribution in [2.45, 2.75) is 25.9 Å². The van der Waals surface area contributed by atoms with E-state index in [9.17, 15) is 14.4 Å². The number of aromatic amines is 1. The van der Waals surface area contributed by atoms with Crippen LogP contribution in [-0.4, -0.2) is 39.0 Å². The molecule has 0 fully saturated rings. The van der Waals surface area contributed by atoms with Crippen LogP contribution in [0, 0.1) is 13.8 Å². The first-order valence-corrected chi connectivity index (χ1v) is 11.8. The van der Waals surface area contributed by atoms with Crippen molar-refractivity contribution in [2.24, 2.45) is 0 Å². The van der Waals surface area contributed by atoms with Gasteiger partial charge in [0.25, 0.3) is 5.56 Å². The molecular formula is C25H22ClN3O4S. The maximum atomic E-state index is 13.4. The van der Waals surface area contributed by atoms with Crippen LogP contribution in [0.15, 0.2) is 52.4 Å². The summed E-state index contributed by atoms with van der Waals surface area (Å²) in [6.07, 6.45) is 0. The number of ether oxygens (including phenoxy) is 1. The lowest BCUT2D eigenvalue weighted by Crippen LogP contribution is -2.22. The number of hydrogen-bond donors (Lipinski definition) is 1. The van der Waals surface area contributed by atoms with E-state index in [1.54, 1.807) is 56.3 Å². The summed E-state index contributed by atoms with van der Waals surface area (Å²) in [5.41, 5.74) is 2.97. The third kappa shape index (κ3) is 4.26. The number of fused-ring (bicyclic) bond motifs is 1. The van der Waals surface area contributed by atoms with Gasteiger partial charge in [0.05, 0.1) is 40.2 Å². The molecule has 2 aromatic heterocycles. The van der Waals surface area contributed by atoms with Crippen LogP contribution in [0.25, 0.3) is 16.6 Å². The third-order valence-corrected chi connectivity index (χ3v) is 6.77. The van der Waals surface area contributed by atoms with E-state index in [1.807, 2.05) is 0 Å². The number of aromatic nitrogens is 3. The Morgan fingerprint density at radius 1 is 1.18 bits per heavy atom. The van der Waals surface area contributed by atoms with Gasteiger partial charge in [0.15, 0.2) is 16.7 Å². The Kier molecular flexibility index (Phi) is 6.63. The molecular weight excluding hydrogens is 474 g/mol. The van der Waals surface area contributed by atoms with E-state index in [-0.39, 0.29) is 22.9 Å². The standard InChI is InChI=1S/C25H22ClN3O4S/c1-13-22(15(3)30)14(2)27-23(13)20(31)12-34-25-28-19-8-6-5-7-17(19)24(32)29(25)16-9-10-21(33-4)18(26)11-16/h5-11,27H,12H2,1-4H3. The van der Waals surface area contributed by atoms with Crippen LogP contribution >= 0.6 is 23.4 Å². The number of Topliss-reactive ketones (excluding diaryl/α,β-unsaturated/α-hetero) is 2. The Morgan fingerprint density at radius 3 is 2.56 bits per heavy atom. The van der Waals surface area contributed by atoms with E-state index < -0.39 is 0 Å². The quantitative estimate of drug-likeness (QED) is 0.216. The lowest BCUT2D eigenvalue weighted by Gasteiger charge is -2.14. The van der Waals surface area contributed by atoms with Gasteiger partial charge in [0.1, 0.15) is 5.75 Å². The maximum Gasteiger partial charge on any atom is 0.266 e. The number of carbonyl (C=O) groups excluding carboxylic acids is 2. The fourth-order valence-corrected chi connectivity index (χ4v) is 5.13. The molecule has 0 radical (unpaired) electrons. The molecule has 1 N–H and O–H groups in total. The molecule has 0 atom stereocenters. The number of para-hydroxylation sites is 1. The predicted molar refractivity (Wildman–Crippen MR) is 134 cm³/mol. The van der Waals surface area contributed by atoms with Gasteiger partial charge in [-0.1, -0.05) is 35.5 Å². The number of thioether (sulfide) groups is 1. The predicted octanol–water partition coefficient (Wildman–Crippen LogP) is 5.17. The molecule has 9 heteroatoms. The van der Waals surface area contributed by atoms with Crippen molar-refractivity contribution in [2.75, 3.05) is 12.9 Å². The van der Waals surface area contributed by atoms with Crippen molar-refractivity contribution in [1.29, 1.82) is 0 Å². The first-order chi connectivity index (χ1) is 16.2. The highest BCUT2D eigenvalue weighted by atomic mass is 35.5. The van der Waals surface area contributed by atoms with Gasteiger partial charge in [-0.3, -0.25) is 19.0 Å². The van der Waals surface area contributed by atoms with E-state index in [4.69, 9.17) is 16.3 Å². The number of aryl methyl sites for hydroxylation is 1. The summed E-state index contributed by atoms with van der Waals surface area (Å²) in [4.78, 5) is 46.1. The fourth-order valence-electron chi connectivity index (χ4n) is 3.99. The normalized spacial score (nSPS) is 11.1. The minimum atomic E-state index is -0.271. The minimum absolute atomic E-state index is 0.0206. The van der Waals surface area contributed by atoms with Crippen LogP contribution in [-0.2, 0) is 0 Å². The van der Waals surface area contributed by atoms with E-state index >= 15 is 0 Å². The molecule has 4 rings (SSSR count). The first kappa shape index (κ1) is 23.8. The number of H-pyrrole nitrogens is 1. The zero-order valence-corrected chi connectivity index (χ0v) is 20.6. The van der Waals surface area contributed by atoms with Gasteiger partial charge in [0, 0.05) is 11.3 Å². The molecule has 0 amide bonds. The number of carbonyl (C=O) groups is 2. The third-order valence-electron chi connectivity index (χ3n) is 5.54. The summed E-state index contributed by atoms with van der Waals surface area (Å²) < 4.78 is 6.67. The Hall–Kier alpha value is -3.36. The maximum absolute atomic E-state index is 13.4. The second-order valence-electron chi connectivity index (χ2n) is 7.76. The highest BCUT2D eigenvalue weighted by Crippen LogP contribution is 2.29. The van der Waals surface area contributed by atoms with Crippen molar-refractivity contribution in [3.8, 4) is 11.4 Å². The van der Waals surface area contributed by atoms with Crippen molar-refractivity contribution in [1.82, 2.24) is 14.5 Å². The Morgan fingerprint density at radius 2 is 1.91 bits per heavy atom. The largest absolute Gasteiger partial charge is 0.495 e. The van der Waals surface area contributed by atoms with Gasteiger partial charge >= 0.3 is 0 Å². The number of rotatable bonds is 7. The summed E-state index contributed by atoms with van der Waals surface area (Å²) in [6.45, 7) is 5.00. The average Bonchev–Trinajstić information content (AvgIpc) is 3.11. The minimum Gasteiger partial charge on any atom is -0.495 e. The van der Waals surface area contributed by atoms with Crippen molar-refractivity contribution in [3.05, 3.63) is 80.4 Å². The summed E-state index contributed by atoms with van der Waals surface area (Å²) in [6, 6.07) is 12.1. The van der Waals surface area contributed by atoms with Crippen LogP contribution in [0.1, 0.15) is 39.0 Å². The molecule has 7 nitrogen and oxygen atoms in total. The van der Waals surface area contributed by atoms with E-state index in [0.29, 0.717) is 55.0 Å². The number of hydrogen-bond acceptors (Lipinski definition) is 6. The number of halogens is 1. The Balaban J connectivity index is 1.77. The molecule has 174 valence electrons. The summed E-state index contributed by atoms with van der Waals surface area (Å²) in [5.74, 6) is 0.210. The van der Waals surface area contributed by atoms with Gasteiger partial charge in [-0.05, 0) is 56.7 Å². The van der Waals surface area contributed by atoms with Crippen LogP contribution in [0.4, 0.5) is 0 Å². The molecule has 0 saturated carbocycles. The molecule has 4 aromatic rings. The summed E-state index contributed by atoms with van der Waals surface area (Å²) in [7, 11) is 1.51. The second-order valence-corrected chi connectivity index (χ2v) is 9.11. The molecule has 0 aliphatic rings. The monoisotopic (exact) mass is 495 g/mol. The van der Waals surface area contributed by atoms with Crippen LogP contribution in [0.3, 0.4) is 0 Å². The van der Waals surface area contributed by atoms with Gasteiger partial charge < -0.3 is 9.72 Å². The van der Waals surface area contributed by atoms with E-state index in [1.165, 1.54) is 18.6 Å². The SMILES string of the molecule is COc1ccc(-n2c(SCC(=O)c3[nH]c(C)c(C(C)=O)c3C)nc3ccccc3c2=O)cc1Cl. The highest BCUT2D eigenvalue weighted by Gasteiger charge is 2.21. The number of benzene rings is 2. The fraction of sp³-hybridized carbons (Fsp3) is 0.200. The zero-order chi connectivity index (χ0) is 24.6. The van der Waals surface area contributed by atoms with Crippen molar-refractivity contribution in [3.63, 3.8) is 0 Å². The summed E-state index contributed by atoms with van der Waals surface area (Å²) >= 11 is 7.46. The Bertz CT molecular complexity index is 1510. The molecule has 0 spiro atoms. The van der Waals surface area contributed by atoms with Crippen molar-refractivity contribution < 1.29 is 14.3 Å². The number of methoxy groups -OCH3 is 1. The smallest absolute Gasteiger partial charge is 0.266 e. The van der Waals surface area contributed by atoms with Crippen molar-refractivity contribution >= 4 is 45.8 Å². The van der Waals surface area contributed by atoms with Crippen LogP contribution in [0.5, 0.6) is 5.75 Å². The van der Waals surface area contributed by atoms with Crippen LogP contribution in [0.2, 0.25) is 5.02 Å². The molecule has 2 aromatic carbocycles. The zero-order valence-electron chi connectivity index (χ0n) is 19.1. The van der Waals surface area contributed by atoms with Gasteiger partial charge in [-0.25, -0.2) is 4.98 Å². The molecule has 0 saturated heterocycles. The highest BCUT2D eigenvalue weighted by molar-refractivity contribution is 7.99. The number of nitrogens with zero attached hydrogens (tertiary/aromatic N) is 2. The van der Waals surface area contributed by atoms with Gasteiger partial charge in [0.2, 0.25) is 0 Å². The second kappa shape index (κ2) is 9.48. The lowest BCUT2D eigenvalue weighted by atomic mass is 10.1. The first-order valence-electron chi connectivity index (χ1n) is 10.4. The van der Waals surface area contributed by atoms with Crippen LogP contribution < -0.4 is 10.3 Å². The molecule has 0 aliphatic carbocycles.